The van der Waals surface area contributed by atoms with Gasteiger partial charge in [-0.3, -0.25) is 9.59 Å². The Balaban J connectivity index is 1.85. The second kappa shape index (κ2) is 7.53. The fourth-order valence-electron chi connectivity index (χ4n) is 2.97. The lowest BCUT2D eigenvalue weighted by atomic mass is 9.97. The van der Waals surface area contributed by atoms with Crippen LogP contribution < -0.4 is 21.5 Å². The highest BCUT2D eigenvalue weighted by Gasteiger charge is 2.27. The summed E-state index contributed by atoms with van der Waals surface area (Å²) >= 11 is 0. The molecule has 6 nitrogen and oxygen atoms in total. The van der Waals surface area contributed by atoms with Crippen molar-refractivity contribution < 1.29 is 18.7 Å². The molecule has 0 fully saturated rings. The first-order valence-electron chi connectivity index (χ1n) is 8.31. The fourth-order valence-corrected chi connectivity index (χ4v) is 2.97. The van der Waals surface area contributed by atoms with Crippen LogP contribution in [0.4, 0.5) is 4.39 Å². The molecule has 0 radical (unpaired) electrons. The van der Waals surface area contributed by atoms with E-state index in [1.165, 1.54) is 6.07 Å². The predicted molar refractivity (Wildman–Crippen MR) is 94.0 cm³/mol. The molecule has 0 saturated heterocycles. The van der Waals surface area contributed by atoms with Crippen molar-refractivity contribution in [2.75, 3.05) is 6.61 Å². The van der Waals surface area contributed by atoms with E-state index < -0.39 is 29.7 Å². The summed E-state index contributed by atoms with van der Waals surface area (Å²) in [5.41, 5.74) is 12.7. The number of ether oxygens (including phenoxy) is 1. The Morgan fingerprint density at radius 3 is 2.69 bits per heavy atom. The number of nitrogens with two attached hydrogens (primary N) is 2. The molecule has 1 aliphatic rings. The lowest BCUT2D eigenvalue weighted by molar-refractivity contribution is -0.119. The Morgan fingerprint density at radius 1 is 1.27 bits per heavy atom. The van der Waals surface area contributed by atoms with Crippen LogP contribution in [0.1, 0.15) is 33.9 Å². The quantitative estimate of drug-likeness (QED) is 0.752. The molecule has 2 aromatic rings. The van der Waals surface area contributed by atoms with Crippen LogP contribution in [0.5, 0.6) is 5.75 Å². The molecule has 2 aromatic carbocycles. The van der Waals surface area contributed by atoms with Crippen LogP contribution in [0, 0.1) is 5.82 Å². The molecular formula is C19H20FN3O3. The van der Waals surface area contributed by atoms with Crippen molar-refractivity contribution in [3.8, 4) is 5.75 Å². The number of amides is 2. The Kier molecular flexibility index (Phi) is 5.18. The number of carbonyl (C=O) groups excluding carboxylic acids is 2. The lowest BCUT2D eigenvalue weighted by Gasteiger charge is -2.25. The van der Waals surface area contributed by atoms with Crippen LogP contribution in [0.3, 0.4) is 0 Å². The number of hydrogen-bond acceptors (Lipinski definition) is 4. The van der Waals surface area contributed by atoms with Crippen molar-refractivity contribution in [2.24, 2.45) is 11.5 Å². The Hall–Kier alpha value is -2.93. The summed E-state index contributed by atoms with van der Waals surface area (Å²) in [6.07, 6.45) is 0.773. The average Bonchev–Trinajstić information content (AvgIpc) is 2.62. The molecule has 1 unspecified atom stereocenters. The third kappa shape index (κ3) is 3.83. The molecule has 0 bridgehead atoms. The maximum absolute atomic E-state index is 13.9. The van der Waals surface area contributed by atoms with Gasteiger partial charge in [-0.05, 0) is 17.7 Å². The van der Waals surface area contributed by atoms with Crippen molar-refractivity contribution in [2.45, 2.75) is 24.9 Å². The molecule has 0 aromatic heterocycles. The number of fused-ring (bicyclic) bond motifs is 1. The molecule has 3 rings (SSSR count). The lowest BCUT2D eigenvalue weighted by Crippen LogP contribution is -2.46. The first-order chi connectivity index (χ1) is 12.5. The van der Waals surface area contributed by atoms with Gasteiger partial charge < -0.3 is 21.5 Å². The molecule has 2 atom stereocenters. The van der Waals surface area contributed by atoms with Crippen molar-refractivity contribution in [3.63, 3.8) is 0 Å². The minimum atomic E-state index is -0.930. The average molecular weight is 357 g/mol. The van der Waals surface area contributed by atoms with Gasteiger partial charge in [-0.2, -0.15) is 0 Å². The summed E-state index contributed by atoms with van der Waals surface area (Å²) < 4.78 is 19.5. The van der Waals surface area contributed by atoms with Crippen LogP contribution in [-0.2, 0) is 11.2 Å². The van der Waals surface area contributed by atoms with Crippen LogP contribution in [0.2, 0.25) is 0 Å². The Bertz CT molecular complexity index is 826. The molecule has 0 saturated carbocycles. The summed E-state index contributed by atoms with van der Waals surface area (Å²) in [6, 6.07) is 10.2. The standard InChI is InChI=1S/C19H20FN3O3/c20-12-9-13-15(21)6-7-26-17(13)14(10-12)19(25)23-16(18(22)24)8-11-4-2-1-3-5-11/h1-5,9-10,15-16H,6-8,21H2,(H2,22,24)(H,23,25)/t15?,16-/m0/s1. The topological polar surface area (TPSA) is 107 Å². The van der Waals surface area contributed by atoms with Gasteiger partial charge in [0.15, 0.2) is 0 Å². The van der Waals surface area contributed by atoms with Gasteiger partial charge in [0.05, 0.1) is 12.2 Å². The third-order valence-electron chi connectivity index (χ3n) is 4.33. The number of nitrogens with one attached hydrogen (secondary N) is 1. The van der Waals surface area contributed by atoms with Crippen molar-refractivity contribution in [1.29, 1.82) is 0 Å². The predicted octanol–water partition coefficient (Wildman–Crippen LogP) is 1.43. The zero-order valence-electron chi connectivity index (χ0n) is 14.1. The number of hydrogen-bond donors (Lipinski definition) is 3. The second-order valence-electron chi connectivity index (χ2n) is 6.23. The van der Waals surface area contributed by atoms with Crippen LogP contribution in [-0.4, -0.2) is 24.5 Å². The van der Waals surface area contributed by atoms with E-state index in [0.717, 1.165) is 11.6 Å². The molecular weight excluding hydrogens is 337 g/mol. The molecule has 26 heavy (non-hydrogen) atoms. The summed E-state index contributed by atoms with van der Waals surface area (Å²) in [4.78, 5) is 24.4. The van der Waals surface area contributed by atoms with E-state index in [1.807, 2.05) is 30.3 Å². The van der Waals surface area contributed by atoms with Crippen molar-refractivity contribution in [1.82, 2.24) is 5.32 Å². The minimum absolute atomic E-state index is 0.00876. The van der Waals surface area contributed by atoms with E-state index in [0.29, 0.717) is 18.6 Å². The largest absolute Gasteiger partial charge is 0.492 e. The van der Waals surface area contributed by atoms with E-state index in [-0.39, 0.29) is 17.7 Å². The van der Waals surface area contributed by atoms with Crippen molar-refractivity contribution >= 4 is 11.8 Å². The van der Waals surface area contributed by atoms with Gasteiger partial charge in [0.1, 0.15) is 17.6 Å². The summed E-state index contributed by atoms with van der Waals surface area (Å²) in [5.74, 6) is -1.64. The summed E-state index contributed by atoms with van der Waals surface area (Å²) in [6.45, 7) is 0.337. The monoisotopic (exact) mass is 357 g/mol. The molecule has 1 heterocycles. The fraction of sp³-hybridized carbons (Fsp3) is 0.263. The molecule has 0 aliphatic carbocycles. The van der Waals surface area contributed by atoms with Gasteiger partial charge in [0.25, 0.3) is 5.91 Å². The molecule has 136 valence electrons. The van der Waals surface area contributed by atoms with Gasteiger partial charge in [0, 0.05) is 24.4 Å². The Morgan fingerprint density at radius 2 is 2.00 bits per heavy atom. The van der Waals surface area contributed by atoms with Gasteiger partial charge in [-0.1, -0.05) is 30.3 Å². The molecule has 7 heteroatoms. The van der Waals surface area contributed by atoms with E-state index in [1.54, 1.807) is 0 Å². The summed E-state index contributed by atoms with van der Waals surface area (Å²) in [5, 5.41) is 2.57. The number of halogens is 1. The van der Waals surface area contributed by atoms with Crippen molar-refractivity contribution in [3.05, 3.63) is 65.0 Å². The van der Waals surface area contributed by atoms with Gasteiger partial charge >= 0.3 is 0 Å². The van der Waals surface area contributed by atoms with Gasteiger partial charge in [-0.25, -0.2) is 4.39 Å². The second-order valence-corrected chi connectivity index (χ2v) is 6.23. The SMILES string of the molecule is NC(=O)[C@H](Cc1ccccc1)NC(=O)c1cc(F)cc2c1OCCC2N. The normalized spacial score (nSPS) is 16.9. The van der Waals surface area contributed by atoms with Crippen LogP contribution in [0.15, 0.2) is 42.5 Å². The van der Waals surface area contributed by atoms with E-state index in [4.69, 9.17) is 16.2 Å². The number of primary amides is 1. The van der Waals surface area contributed by atoms with Crippen LogP contribution in [0.25, 0.3) is 0 Å². The highest BCUT2D eigenvalue weighted by molar-refractivity contribution is 6.00. The first-order valence-corrected chi connectivity index (χ1v) is 8.31. The Labute approximate surface area is 150 Å². The zero-order valence-corrected chi connectivity index (χ0v) is 14.1. The first kappa shape index (κ1) is 17.9. The zero-order chi connectivity index (χ0) is 18.7. The van der Waals surface area contributed by atoms with E-state index >= 15 is 0 Å². The highest BCUT2D eigenvalue weighted by atomic mass is 19.1. The number of carbonyl (C=O) groups is 2. The number of benzene rings is 2. The molecule has 0 spiro atoms. The third-order valence-corrected chi connectivity index (χ3v) is 4.33. The molecule has 5 N–H and O–H groups in total. The van der Waals surface area contributed by atoms with E-state index in [9.17, 15) is 14.0 Å². The highest BCUT2D eigenvalue weighted by Crippen LogP contribution is 2.34. The summed E-state index contributed by atoms with van der Waals surface area (Å²) in [7, 11) is 0. The minimum Gasteiger partial charge on any atom is -0.492 e. The smallest absolute Gasteiger partial charge is 0.255 e. The van der Waals surface area contributed by atoms with E-state index in [2.05, 4.69) is 5.32 Å². The van der Waals surface area contributed by atoms with Gasteiger partial charge in [0.2, 0.25) is 5.91 Å². The maximum atomic E-state index is 13.9. The van der Waals surface area contributed by atoms with Crippen LogP contribution >= 0.6 is 0 Å². The molecule has 1 aliphatic heterocycles. The number of rotatable bonds is 5. The van der Waals surface area contributed by atoms with Gasteiger partial charge in [-0.15, -0.1) is 0 Å². The molecule has 2 amide bonds. The maximum Gasteiger partial charge on any atom is 0.255 e.